The standard InChI is InChI=1S/C8H2ClF6NO5S/c9-22(19,20)5-2-3(16(17)18)1-4(7(10,11)12)6(5)21-8(13,14)15/h1-2H. The van der Waals surface area contributed by atoms with Gasteiger partial charge in [0.05, 0.1) is 4.92 Å². The third kappa shape index (κ3) is 4.37. The number of benzene rings is 1. The van der Waals surface area contributed by atoms with Crippen molar-refractivity contribution in [3.63, 3.8) is 0 Å². The predicted octanol–water partition coefficient (Wildman–Crippen LogP) is 3.44. The summed E-state index contributed by atoms with van der Waals surface area (Å²) in [5.74, 6) is -2.19. The number of nitrogens with zero attached hydrogens (tertiary/aromatic N) is 1. The molecule has 124 valence electrons. The van der Waals surface area contributed by atoms with Crippen LogP contribution >= 0.6 is 10.7 Å². The Balaban J connectivity index is 3.86. The van der Waals surface area contributed by atoms with Crippen LogP contribution in [0.3, 0.4) is 0 Å². The largest absolute Gasteiger partial charge is 0.573 e. The summed E-state index contributed by atoms with van der Waals surface area (Å²) >= 11 is 0. The maximum atomic E-state index is 12.7. The highest BCUT2D eigenvalue weighted by Crippen LogP contribution is 2.45. The van der Waals surface area contributed by atoms with Gasteiger partial charge in [-0.1, -0.05) is 0 Å². The Hall–Kier alpha value is -1.76. The zero-order chi connectivity index (χ0) is 17.5. The van der Waals surface area contributed by atoms with Crippen LogP contribution in [0, 0.1) is 10.1 Å². The molecule has 14 heteroatoms. The van der Waals surface area contributed by atoms with E-state index in [4.69, 9.17) is 10.7 Å². The molecule has 0 heterocycles. The molecule has 0 aliphatic rings. The first-order valence-corrected chi connectivity index (χ1v) is 7.04. The van der Waals surface area contributed by atoms with Gasteiger partial charge in [-0.15, -0.1) is 13.2 Å². The molecule has 0 bridgehead atoms. The number of rotatable bonds is 3. The number of nitro benzene ring substituents is 1. The molecule has 1 rings (SSSR count). The number of non-ortho nitro benzene ring substituents is 1. The van der Waals surface area contributed by atoms with Gasteiger partial charge in [0, 0.05) is 22.8 Å². The van der Waals surface area contributed by atoms with Crippen molar-refractivity contribution in [2.45, 2.75) is 17.4 Å². The van der Waals surface area contributed by atoms with Crippen LogP contribution in [0.1, 0.15) is 5.56 Å². The summed E-state index contributed by atoms with van der Waals surface area (Å²) in [4.78, 5) is 7.23. The molecule has 0 atom stereocenters. The molecule has 0 aliphatic carbocycles. The van der Waals surface area contributed by atoms with Gasteiger partial charge in [0.1, 0.15) is 10.5 Å². The summed E-state index contributed by atoms with van der Waals surface area (Å²) < 4.78 is 100.0. The Morgan fingerprint density at radius 2 is 1.64 bits per heavy atom. The Morgan fingerprint density at radius 1 is 1.14 bits per heavy atom. The summed E-state index contributed by atoms with van der Waals surface area (Å²) in [5.41, 5.74) is -3.74. The molecular formula is C8H2ClF6NO5S. The van der Waals surface area contributed by atoms with Gasteiger partial charge >= 0.3 is 12.5 Å². The molecule has 0 fully saturated rings. The molecular weight excluding hydrogens is 372 g/mol. The highest BCUT2D eigenvalue weighted by molar-refractivity contribution is 8.13. The summed E-state index contributed by atoms with van der Waals surface area (Å²) in [6, 6.07) is -0.370. The third-order valence-electron chi connectivity index (χ3n) is 2.04. The predicted molar refractivity (Wildman–Crippen MR) is 57.8 cm³/mol. The second kappa shape index (κ2) is 5.46. The van der Waals surface area contributed by atoms with Crippen LogP contribution in [0.2, 0.25) is 0 Å². The normalized spacial score (nSPS) is 13.0. The maximum absolute atomic E-state index is 12.7. The summed E-state index contributed by atoms with van der Waals surface area (Å²) in [6.45, 7) is 0. The minimum atomic E-state index is -5.69. The van der Waals surface area contributed by atoms with E-state index in [2.05, 4.69) is 4.74 Å². The van der Waals surface area contributed by atoms with Crippen LogP contribution in [-0.4, -0.2) is 19.7 Å². The topological polar surface area (TPSA) is 86.5 Å². The highest BCUT2D eigenvalue weighted by atomic mass is 35.7. The van der Waals surface area contributed by atoms with Crippen molar-refractivity contribution in [2.24, 2.45) is 0 Å². The molecule has 6 nitrogen and oxygen atoms in total. The van der Waals surface area contributed by atoms with Gasteiger partial charge in [0.25, 0.3) is 14.7 Å². The molecule has 0 saturated carbocycles. The molecule has 0 spiro atoms. The summed E-state index contributed by atoms with van der Waals surface area (Å²) in [5, 5.41) is 10.5. The van der Waals surface area contributed by atoms with Crippen molar-refractivity contribution in [3.8, 4) is 5.75 Å². The van der Waals surface area contributed by atoms with Gasteiger partial charge < -0.3 is 4.74 Å². The lowest BCUT2D eigenvalue weighted by atomic mass is 10.1. The average molecular weight is 374 g/mol. The van der Waals surface area contributed by atoms with Crippen molar-refractivity contribution in [2.75, 3.05) is 0 Å². The van der Waals surface area contributed by atoms with Gasteiger partial charge in [-0.2, -0.15) is 13.2 Å². The van der Waals surface area contributed by atoms with Gasteiger partial charge in [0.2, 0.25) is 0 Å². The molecule has 0 aliphatic heterocycles. The number of ether oxygens (including phenoxy) is 1. The van der Waals surface area contributed by atoms with Gasteiger partial charge in [-0.05, 0) is 0 Å². The number of hydrogen-bond acceptors (Lipinski definition) is 5. The first-order valence-electron chi connectivity index (χ1n) is 4.73. The number of hydrogen-bond donors (Lipinski definition) is 0. The van der Waals surface area contributed by atoms with Gasteiger partial charge in [-0.25, -0.2) is 8.42 Å². The van der Waals surface area contributed by atoms with Crippen LogP contribution in [-0.2, 0) is 15.2 Å². The van der Waals surface area contributed by atoms with E-state index in [0.717, 1.165) is 0 Å². The number of halogens is 7. The van der Waals surface area contributed by atoms with E-state index in [0.29, 0.717) is 0 Å². The fraction of sp³-hybridized carbons (Fsp3) is 0.250. The molecule has 0 N–H and O–H groups in total. The molecule has 0 radical (unpaired) electrons. The second-order valence-electron chi connectivity index (χ2n) is 3.56. The SMILES string of the molecule is O=[N+]([O-])c1cc(C(F)(F)F)c(OC(F)(F)F)c(S(=O)(=O)Cl)c1. The zero-order valence-electron chi connectivity index (χ0n) is 9.70. The van der Waals surface area contributed by atoms with E-state index in [-0.39, 0.29) is 12.1 Å². The first kappa shape index (κ1) is 18.3. The van der Waals surface area contributed by atoms with Crippen LogP contribution < -0.4 is 4.74 Å². The smallest absolute Gasteiger partial charge is 0.404 e. The minimum Gasteiger partial charge on any atom is -0.404 e. The van der Waals surface area contributed by atoms with Crippen molar-refractivity contribution >= 4 is 25.4 Å². The molecule has 0 aromatic heterocycles. The van der Waals surface area contributed by atoms with Crippen molar-refractivity contribution in [3.05, 3.63) is 27.8 Å². The lowest BCUT2D eigenvalue weighted by Gasteiger charge is -2.17. The molecule has 1 aromatic rings. The first-order chi connectivity index (χ1) is 9.63. The Bertz CT molecular complexity index is 713. The van der Waals surface area contributed by atoms with Crippen LogP contribution in [0.4, 0.5) is 32.0 Å². The fourth-order valence-corrected chi connectivity index (χ4v) is 2.28. The maximum Gasteiger partial charge on any atom is 0.573 e. The lowest BCUT2D eigenvalue weighted by molar-refractivity contribution is -0.385. The Morgan fingerprint density at radius 3 is 1.95 bits per heavy atom. The molecule has 0 unspecified atom stereocenters. The van der Waals surface area contributed by atoms with Crippen LogP contribution in [0.5, 0.6) is 5.75 Å². The molecule has 1 aromatic carbocycles. The van der Waals surface area contributed by atoms with Gasteiger partial charge in [-0.3, -0.25) is 10.1 Å². The number of alkyl halides is 6. The molecule has 0 saturated heterocycles. The highest BCUT2D eigenvalue weighted by Gasteiger charge is 2.44. The van der Waals surface area contributed by atoms with Gasteiger partial charge in [0.15, 0.2) is 5.75 Å². The van der Waals surface area contributed by atoms with Crippen molar-refractivity contribution in [1.82, 2.24) is 0 Å². The fourth-order valence-electron chi connectivity index (χ4n) is 1.31. The Kier molecular flexibility index (Phi) is 4.54. The summed E-state index contributed by atoms with van der Waals surface area (Å²) in [7, 11) is -0.476. The number of nitro groups is 1. The monoisotopic (exact) mass is 373 g/mol. The molecule has 22 heavy (non-hydrogen) atoms. The quantitative estimate of drug-likeness (QED) is 0.350. The average Bonchev–Trinajstić information content (AvgIpc) is 2.23. The zero-order valence-corrected chi connectivity index (χ0v) is 11.3. The van der Waals surface area contributed by atoms with E-state index < -0.39 is 48.4 Å². The third-order valence-corrected chi connectivity index (χ3v) is 3.36. The van der Waals surface area contributed by atoms with Crippen molar-refractivity contribution in [1.29, 1.82) is 0 Å². The van der Waals surface area contributed by atoms with Crippen LogP contribution in [0.25, 0.3) is 0 Å². The van der Waals surface area contributed by atoms with E-state index >= 15 is 0 Å². The second-order valence-corrected chi connectivity index (χ2v) is 6.10. The van der Waals surface area contributed by atoms with E-state index in [9.17, 15) is 44.9 Å². The minimum absolute atomic E-state index is 0.0708. The van der Waals surface area contributed by atoms with Crippen molar-refractivity contribution < 1.29 is 44.4 Å². The van der Waals surface area contributed by atoms with Crippen LogP contribution in [0.15, 0.2) is 17.0 Å². The van der Waals surface area contributed by atoms with E-state index in [1.807, 2.05) is 0 Å². The Labute approximate surface area is 121 Å². The van der Waals surface area contributed by atoms with E-state index in [1.165, 1.54) is 0 Å². The molecule has 0 amide bonds. The van der Waals surface area contributed by atoms with E-state index in [1.54, 1.807) is 0 Å². The summed E-state index contributed by atoms with van der Waals surface area (Å²) in [6.07, 6.45) is -11.3. The lowest BCUT2D eigenvalue weighted by Crippen LogP contribution is -2.22.